The summed E-state index contributed by atoms with van der Waals surface area (Å²) in [5.74, 6) is 0.375. The van der Waals surface area contributed by atoms with E-state index in [2.05, 4.69) is 17.0 Å². The highest BCUT2D eigenvalue weighted by Gasteiger charge is 2.33. The third kappa shape index (κ3) is 8.67. The van der Waals surface area contributed by atoms with Gasteiger partial charge in [-0.05, 0) is 53.6 Å². The van der Waals surface area contributed by atoms with Gasteiger partial charge in [0.05, 0.1) is 25.2 Å². The second-order valence-electron chi connectivity index (χ2n) is 11.2. The molecule has 3 aromatic rings. The lowest BCUT2D eigenvalue weighted by Crippen LogP contribution is -2.49. The van der Waals surface area contributed by atoms with Crippen LogP contribution in [0.1, 0.15) is 23.5 Å². The Kier molecular flexibility index (Phi) is 11.7. The Morgan fingerprint density at radius 3 is 2.33 bits per heavy atom. The maximum absolute atomic E-state index is 13.7. The Morgan fingerprint density at radius 2 is 1.67 bits per heavy atom. The predicted octanol–water partition coefficient (Wildman–Crippen LogP) is 4.11. The van der Waals surface area contributed by atoms with Crippen molar-refractivity contribution in [3.63, 3.8) is 0 Å². The van der Waals surface area contributed by atoms with Gasteiger partial charge in [-0.1, -0.05) is 54.1 Å². The first-order chi connectivity index (χ1) is 22.3. The summed E-state index contributed by atoms with van der Waals surface area (Å²) < 4.78 is 45.1. The number of aliphatic hydroxyl groups excluding tert-OH is 1. The maximum atomic E-state index is 13.7. The molecular formula is C34H40ClN3O7S. The molecule has 0 spiro atoms. The van der Waals surface area contributed by atoms with E-state index >= 15 is 0 Å². The molecule has 1 saturated heterocycles. The van der Waals surface area contributed by atoms with E-state index in [0.29, 0.717) is 30.3 Å². The number of sulfonamides is 1. The minimum absolute atomic E-state index is 0.00692. The van der Waals surface area contributed by atoms with Crippen LogP contribution in [-0.4, -0.2) is 99.4 Å². The Hall–Kier alpha value is -3.45. The Bertz CT molecular complexity index is 1560. The molecule has 0 radical (unpaired) electrons. The topological polar surface area (TPSA) is 109 Å². The van der Waals surface area contributed by atoms with Gasteiger partial charge in [0.25, 0.3) is 5.91 Å². The van der Waals surface area contributed by atoms with Crippen molar-refractivity contribution in [3.8, 4) is 5.75 Å². The summed E-state index contributed by atoms with van der Waals surface area (Å²) in [6, 6.07) is 23.8. The molecule has 2 heterocycles. The third-order valence-corrected chi connectivity index (χ3v) is 10.3. The highest BCUT2D eigenvalue weighted by atomic mass is 35.5. The average molecular weight is 670 g/mol. The van der Waals surface area contributed by atoms with Crippen molar-refractivity contribution in [2.45, 2.75) is 30.1 Å². The number of methoxy groups -OCH3 is 1. The fraction of sp³-hybridized carbons (Fsp3) is 0.382. The lowest BCUT2D eigenvalue weighted by Gasteiger charge is -2.36. The summed E-state index contributed by atoms with van der Waals surface area (Å²) in [7, 11) is -2.40. The second-order valence-corrected chi connectivity index (χ2v) is 13.6. The number of aliphatic hydroxyl groups is 1. The van der Waals surface area contributed by atoms with Crippen molar-refractivity contribution in [3.05, 3.63) is 107 Å². The molecule has 12 heteroatoms. The number of rotatable bonds is 13. The van der Waals surface area contributed by atoms with Crippen LogP contribution in [0.2, 0.25) is 5.02 Å². The van der Waals surface area contributed by atoms with Gasteiger partial charge in [0.2, 0.25) is 16.3 Å². The third-order valence-electron chi connectivity index (χ3n) is 8.17. The molecule has 2 aliphatic rings. The van der Waals surface area contributed by atoms with Gasteiger partial charge in [-0.3, -0.25) is 9.69 Å². The first-order valence-corrected chi connectivity index (χ1v) is 17.1. The summed E-state index contributed by atoms with van der Waals surface area (Å²) in [4.78, 5) is 17.9. The lowest BCUT2D eigenvalue weighted by atomic mass is 9.93. The lowest BCUT2D eigenvalue weighted by molar-refractivity contribution is -0.154. The molecule has 46 heavy (non-hydrogen) atoms. The van der Waals surface area contributed by atoms with Gasteiger partial charge in [0.1, 0.15) is 5.75 Å². The smallest absolute Gasteiger partial charge is 0.288 e. The van der Waals surface area contributed by atoms with Gasteiger partial charge in [0, 0.05) is 63.2 Å². The normalized spacial score (nSPS) is 19.0. The molecule has 0 aromatic heterocycles. The summed E-state index contributed by atoms with van der Waals surface area (Å²) in [5.41, 5.74) is 2.20. The van der Waals surface area contributed by atoms with Gasteiger partial charge in [-0.15, -0.1) is 0 Å². The van der Waals surface area contributed by atoms with Crippen LogP contribution in [-0.2, 0) is 30.8 Å². The number of carbonyl (C=O) groups excluding carboxylic acids is 1. The predicted molar refractivity (Wildman–Crippen MR) is 175 cm³/mol. The van der Waals surface area contributed by atoms with E-state index < -0.39 is 16.3 Å². The van der Waals surface area contributed by atoms with Crippen LogP contribution in [0, 0.1) is 0 Å². The minimum Gasteiger partial charge on any atom is -0.497 e. The average Bonchev–Trinajstić information content (AvgIpc) is 3.08. The van der Waals surface area contributed by atoms with Crippen molar-refractivity contribution < 1.29 is 32.5 Å². The number of halogens is 1. The molecule has 0 saturated carbocycles. The largest absolute Gasteiger partial charge is 0.497 e. The summed E-state index contributed by atoms with van der Waals surface area (Å²) in [6.45, 7) is 2.99. The molecule has 10 nitrogen and oxygen atoms in total. The van der Waals surface area contributed by atoms with Crippen LogP contribution in [0.5, 0.6) is 5.75 Å². The number of ether oxygens (including phenoxy) is 3. The number of amides is 1. The number of allylic oxidation sites excluding steroid dienone is 1. The van der Waals surface area contributed by atoms with E-state index in [1.807, 2.05) is 36.4 Å². The van der Waals surface area contributed by atoms with E-state index in [-0.39, 0.29) is 48.8 Å². The Labute approximate surface area is 275 Å². The van der Waals surface area contributed by atoms with Crippen molar-refractivity contribution in [2.75, 3.05) is 59.6 Å². The molecule has 5 rings (SSSR count). The van der Waals surface area contributed by atoms with Crippen molar-refractivity contribution in [2.24, 2.45) is 0 Å². The first-order valence-electron chi connectivity index (χ1n) is 15.3. The number of hydrogen-bond acceptors (Lipinski definition) is 8. The van der Waals surface area contributed by atoms with Crippen LogP contribution in [0.3, 0.4) is 0 Å². The number of nitrogens with zero attached hydrogens (tertiary/aromatic N) is 3. The highest BCUT2D eigenvalue weighted by molar-refractivity contribution is 7.89. The van der Waals surface area contributed by atoms with Crippen molar-refractivity contribution in [1.82, 2.24) is 14.1 Å². The van der Waals surface area contributed by atoms with Crippen LogP contribution >= 0.6 is 11.6 Å². The molecule has 0 aliphatic carbocycles. The molecule has 1 fully saturated rings. The fourth-order valence-corrected chi connectivity index (χ4v) is 7.15. The van der Waals surface area contributed by atoms with Crippen LogP contribution in [0.25, 0.3) is 0 Å². The second kappa shape index (κ2) is 15.9. The summed E-state index contributed by atoms with van der Waals surface area (Å²) in [6.07, 6.45) is 1.48. The number of hydrogen-bond donors (Lipinski definition) is 1. The molecule has 1 N–H and O–H groups in total. The molecule has 3 aromatic carbocycles. The maximum Gasteiger partial charge on any atom is 0.288 e. The van der Waals surface area contributed by atoms with Crippen LogP contribution in [0.4, 0.5) is 0 Å². The molecule has 2 atom stereocenters. The van der Waals surface area contributed by atoms with E-state index in [0.717, 1.165) is 25.2 Å². The van der Waals surface area contributed by atoms with Gasteiger partial charge >= 0.3 is 0 Å². The highest BCUT2D eigenvalue weighted by Crippen LogP contribution is 2.33. The van der Waals surface area contributed by atoms with Gasteiger partial charge in [-0.2, -0.15) is 4.31 Å². The van der Waals surface area contributed by atoms with Gasteiger partial charge < -0.3 is 24.2 Å². The molecule has 0 unspecified atom stereocenters. The summed E-state index contributed by atoms with van der Waals surface area (Å²) in [5, 5.41) is 10.2. The Balaban J connectivity index is 1.24. The van der Waals surface area contributed by atoms with E-state index in [1.54, 1.807) is 29.2 Å². The molecule has 2 aliphatic heterocycles. The van der Waals surface area contributed by atoms with E-state index in [4.69, 9.17) is 25.8 Å². The number of carbonyl (C=O) groups is 1. The van der Waals surface area contributed by atoms with Gasteiger partial charge in [-0.25, -0.2) is 8.42 Å². The van der Waals surface area contributed by atoms with Crippen molar-refractivity contribution >= 4 is 27.5 Å². The monoisotopic (exact) mass is 669 g/mol. The first kappa shape index (κ1) is 33.9. The number of benzene rings is 3. The van der Waals surface area contributed by atoms with Crippen molar-refractivity contribution in [1.29, 1.82) is 0 Å². The minimum atomic E-state index is -3.90. The van der Waals surface area contributed by atoms with E-state index in [9.17, 15) is 18.3 Å². The summed E-state index contributed by atoms with van der Waals surface area (Å²) >= 11 is 6.14. The van der Waals surface area contributed by atoms with Crippen LogP contribution < -0.4 is 4.74 Å². The van der Waals surface area contributed by atoms with Crippen LogP contribution in [0.15, 0.2) is 95.6 Å². The molecule has 246 valence electrons. The SMILES string of the molecule is COc1ccc(S(=O)(=O)N(CCO)CCO[C@@H]2C[C@H](c3ccc(Cl)cc3)C=C(C(=O)N3CCN(Cc4ccccc4)CC3)O2)cc1. The zero-order valence-corrected chi connectivity index (χ0v) is 27.4. The fourth-order valence-electron chi connectivity index (χ4n) is 5.61. The Morgan fingerprint density at radius 1 is 0.978 bits per heavy atom. The van der Waals surface area contributed by atoms with E-state index in [1.165, 1.54) is 29.1 Å². The standard InChI is InChI=1S/C34H40ClN3O7S/c1-43-30-11-13-31(14-12-30)46(41,42)38(19-21-39)20-22-44-33-24-28(27-7-9-29(35)10-8-27)23-32(45-33)34(40)37-17-15-36(16-18-37)25-26-5-3-2-4-6-26/h2-14,23,28,33,39H,15-22,24-25H2,1H3/t28-,33+/m1/s1. The number of piperazine rings is 1. The zero-order valence-electron chi connectivity index (χ0n) is 25.8. The van der Waals surface area contributed by atoms with Gasteiger partial charge in [0.15, 0.2) is 5.76 Å². The molecule has 1 amide bonds. The molecular weight excluding hydrogens is 630 g/mol. The quantitative estimate of drug-likeness (QED) is 0.290. The zero-order chi connectivity index (χ0) is 32.5. The molecule has 0 bridgehead atoms.